The van der Waals surface area contributed by atoms with Crippen LogP contribution in [0.1, 0.15) is 17.5 Å². The molecule has 5 heteroatoms. The number of rotatable bonds is 4. The second kappa shape index (κ2) is 5.93. The van der Waals surface area contributed by atoms with Gasteiger partial charge in [-0.05, 0) is 29.8 Å². The molecule has 0 aliphatic carbocycles. The number of aromatic nitrogens is 2. The van der Waals surface area contributed by atoms with Gasteiger partial charge in [-0.15, -0.1) is 0 Å². The van der Waals surface area contributed by atoms with Crippen molar-refractivity contribution in [3.63, 3.8) is 0 Å². The standard InChI is InChI=1S/C13H13BrN2O2/c1-18-10-3-4-11(14)9(7-10)8-12(17)13-15-5-2-6-16-13/h2-7,12,17H,8H2,1H3. The zero-order chi connectivity index (χ0) is 13.0. The summed E-state index contributed by atoms with van der Waals surface area (Å²) in [6.07, 6.45) is 2.94. The van der Waals surface area contributed by atoms with E-state index in [1.165, 1.54) is 0 Å². The van der Waals surface area contributed by atoms with Crippen LogP contribution in [-0.2, 0) is 6.42 Å². The summed E-state index contributed by atoms with van der Waals surface area (Å²) < 4.78 is 6.09. The third kappa shape index (κ3) is 3.05. The molecule has 0 bridgehead atoms. The summed E-state index contributed by atoms with van der Waals surface area (Å²) in [5, 5.41) is 10.1. The highest BCUT2D eigenvalue weighted by Crippen LogP contribution is 2.26. The van der Waals surface area contributed by atoms with Crippen LogP contribution in [0.4, 0.5) is 0 Å². The van der Waals surface area contributed by atoms with Gasteiger partial charge in [-0.1, -0.05) is 15.9 Å². The Bertz CT molecular complexity index is 520. The summed E-state index contributed by atoms with van der Waals surface area (Å²) in [6, 6.07) is 7.36. The maximum absolute atomic E-state index is 10.1. The van der Waals surface area contributed by atoms with Crippen molar-refractivity contribution in [1.82, 2.24) is 9.97 Å². The van der Waals surface area contributed by atoms with E-state index in [9.17, 15) is 5.11 Å². The fourth-order valence-electron chi connectivity index (χ4n) is 1.62. The average Bonchev–Trinajstić information content (AvgIpc) is 2.42. The number of benzene rings is 1. The summed E-state index contributed by atoms with van der Waals surface area (Å²) in [7, 11) is 1.61. The lowest BCUT2D eigenvalue weighted by molar-refractivity contribution is 0.168. The second-order valence-corrected chi connectivity index (χ2v) is 4.64. The van der Waals surface area contributed by atoms with Crippen LogP contribution in [0.3, 0.4) is 0 Å². The molecule has 4 nitrogen and oxygen atoms in total. The Labute approximate surface area is 114 Å². The van der Waals surface area contributed by atoms with Crippen molar-refractivity contribution in [2.45, 2.75) is 12.5 Å². The predicted octanol–water partition coefficient (Wildman–Crippen LogP) is 2.52. The molecule has 1 N–H and O–H groups in total. The van der Waals surface area contributed by atoms with Gasteiger partial charge in [0.05, 0.1) is 7.11 Å². The van der Waals surface area contributed by atoms with Gasteiger partial charge in [0.15, 0.2) is 5.82 Å². The van der Waals surface area contributed by atoms with E-state index >= 15 is 0 Å². The Morgan fingerprint density at radius 3 is 2.72 bits per heavy atom. The Morgan fingerprint density at radius 1 is 1.33 bits per heavy atom. The van der Waals surface area contributed by atoms with E-state index in [0.29, 0.717) is 12.2 Å². The molecule has 0 radical (unpaired) electrons. The molecule has 0 spiro atoms. The van der Waals surface area contributed by atoms with Crippen LogP contribution in [0.5, 0.6) is 5.75 Å². The molecule has 2 aromatic rings. The topological polar surface area (TPSA) is 55.2 Å². The van der Waals surface area contributed by atoms with Crippen LogP contribution in [0, 0.1) is 0 Å². The minimum absolute atomic E-state index is 0.423. The highest BCUT2D eigenvalue weighted by Gasteiger charge is 2.13. The fraction of sp³-hybridized carbons (Fsp3) is 0.231. The molecular formula is C13H13BrN2O2. The largest absolute Gasteiger partial charge is 0.497 e. The highest BCUT2D eigenvalue weighted by atomic mass is 79.9. The van der Waals surface area contributed by atoms with E-state index in [4.69, 9.17) is 4.74 Å². The Morgan fingerprint density at radius 2 is 2.06 bits per heavy atom. The first kappa shape index (κ1) is 13.0. The monoisotopic (exact) mass is 308 g/mol. The van der Waals surface area contributed by atoms with Gasteiger partial charge in [0, 0.05) is 23.3 Å². The maximum Gasteiger partial charge on any atom is 0.157 e. The molecule has 1 atom stereocenters. The van der Waals surface area contributed by atoms with E-state index in [2.05, 4.69) is 25.9 Å². The number of ether oxygens (including phenoxy) is 1. The summed E-state index contributed by atoms with van der Waals surface area (Å²) in [6.45, 7) is 0. The normalized spacial score (nSPS) is 12.2. The van der Waals surface area contributed by atoms with Crippen molar-refractivity contribution in [2.75, 3.05) is 7.11 Å². The van der Waals surface area contributed by atoms with E-state index in [1.807, 2.05) is 18.2 Å². The van der Waals surface area contributed by atoms with Crippen LogP contribution in [0.25, 0.3) is 0 Å². The number of nitrogens with zero attached hydrogens (tertiary/aromatic N) is 2. The van der Waals surface area contributed by atoms with Gasteiger partial charge in [-0.25, -0.2) is 9.97 Å². The Kier molecular flexibility index (Phi) is 4.28. The van der Waals surface area contributed by atoms with Crippen molar-refractivity contribution >= 4 is 15.9 Å². The van der Waals surface area contributed by atoms with E-state index in [0.717, 1.165) is 15.8 Å². The van der Waals surface area contributed by atoms with Gasteiger partial charge in [-0.3, -0.25) is 0 Å². The minimum atomic E-state index is -0.727. The van der Waals surface area contributed by atoms with Gasteiger partial charge >= 0.3 is 0 Å². The maximum atomic E-state index is 10.1. The number of methoxy groups -OCH3 is 1. The quantitative estimate of drug-likeness (QED) is 0.943. The number of halogens is 1. The lowest BCUT2D eigenvalue weighted by atomic mass is 10.1. The molecule has 1 aromatic carbocycles. The van der Waals surface area contributed by atoms with Crippen LogP contribution in [-0.4, -0.2) is 22.2 Å². The fourth-order valence-corrected chi connectivity index (χ4v) is 2.03. The molecule has 0 saturated heterocycles. The molecule has 1 aromatic heterocycles. The summed E-state index contributed by atoms with van der Waals surface area (Å²) in [4.78, 5) is 8.08. The number of hydrogen-bond acceptors (Lipinski definition) is 4. The number of aliphatic hydroxyl groups excluding tert-OH is 1. The first-order chi connectivity index (χ1) is 8.70. The smallest absolute Gasteiger partial charge is 0.157 e. The van der Waals surface area contributed by atoms with Crippen molar-refractivity contribution in [3.8, 4) is 5.75 Å². The zero-order valence-corrected chi connectivity index (χ0v) is 11.5. The molecule has 2 rings (SSSR count). The SMILES string of the molecule is COc1ccc(Br)c(CC(O)c2ncccn2)c1. The molecule has 18 heavy (non-hydrogen) atoms. The number of aliphatic hydroxyl groups is 1. The first-order valence-corrected chi connectivity index (χ1v) is 6.27. The van der Waals surface area contributed by atoms with Crippen molar-refractivity contribution < 1.29 is 9.84 Å². The van der Waals surface area contributed by atoms with E-state index < -0.39 is 6.10 Å². The van der Waals surface area contributed by atoms with Gasteiger partial charge in [-0.2, -0.15) is 0 Å². The van der Waals surface area contributed by atoms with Gasteiger partial charge < -0.3 is 9.84 Å². The molecule has 94 valence electrons. The van der Waals surface area contributed by atoms with Crippen LogP contribution in [0.15, 0.2) is 41.1 Å². The predicted molar refractivity (Wildman–Crippen MR) is 71.4 cm³/mol. The van der Waals surface area contributed by atoms with Gasteiger partial charge in [0.1, 0.15) is 11.9 Å². The molecule has 1 unspecified atom stereocenters. The Balaban J connectivity index is 2.18. The average molecular weight is 309 g/mol. The molecule has 0 saturated carbocycles. The Hall–Kier alpha value is -1.46. The molecule has 0 aliphatic heterocycles. The molecule has 0 amide bonds. The van der Waals surface area contributed by atoms with Crippen LogP contribution in [0.2, 0.25) is 0 Å². The lowest BCUT2D eigenvalue weighted by Crippen LogP contribution is -2.06. The summed E-state index contributed by atoms with van der Waals surface area (Å²) in [5.74, 6) is 1.18. The van der Waals surface area contributed by atoms with E-state index in [-0.39, 0.29) is 0 Å². The molecular weight excluding hydrogens is 296 g/mol. The zero-order valence-electron chi connectivity index (χ0n) is 9.88. The van der Waals surface area contributed by atoms with Crippen molar-refractivity contribution in [3.05, 3.63) is 52.5 Å². The lowest BCUT2D eigenvalue weighted by Gasteiger charge is -2.11. The van der Waals surface area contributed by atoms with Crippen molar-refractivity contribution in [1.29, 1.82) is 0 Å². The van der Waals surface area contributed by atoms with Gasteiger partial charge in [0.2, 0.25) is 0 Å². The number of hydrogen-bond donors (Lipinski definition) is 1. The van der Waals surface area contributed by atoms with E-state index in [1.54, 1.807) is 25.6 Å². The molecule has 0 aliphatic rings. The summed E-state index contributed by atoms with van der Waals surface area (Å²) >= 11 is 3.45. The second-order valence-electron chi connectivity index (χ2n) is 3.78. The first-order valence-electron chi connectivity index (χ1n) is 5.48. The molecule has 1 heterocycles. The van der Waals surface area contributed by atoms with Gasteiger partial charge in [0.25, 0.3) is 0 Å². The highest BCUT2D eigenvalue weighted by molar-refractivity contribution is 9.10. The molecule has 0 fully saturated rings. The van der Waals surface area contributed by atoms with Crippen molar-refractivity contribution in [2.24, 2.45) is 0 Å². The third-order valence-electron chi connectivity index (χ3n) is 2.55. The van der Waals surface area contributed by atoms with Crippen LogP contribution >= 0.6 is 15.9 Å². The minimum Gasteiger partial charge on any atom is -0.497 e. The van der Waals surface area contributed by atoms with Crippen LogP contribution < -0.4 is 4.74 Å². The third-order valence-corrected chi connectivity index (χ3v) is 3.32. The summed E-state index contributed by atoms with van der Waals surface area (Å²) in [5.41, 5.74) is 0.953.